The van der Waals surface area contributed by atoms with Gasteiger partial charge in [-0.1, -0.05) is 13.8 Å². The van der Waals surface area contributed by atoms with Crippen LogP contribution in [0.15, 0.2) is 33.5 Å². The number of rotatable bonds is 2. The van der Waals surface area contributed by atoms with Gasteiger partial charge < -0.3 is 34.6 Å². The minimum absolute atomic E-state index is 0.0381. The van der Waals surface area contributed by atoms with Gasteiger partial charge in [0, 0.05) is 40.6 Å². The largest absolute Gasteiger partial charge is 0.502 e. The number of aliphatic hydroxyl groups is 1. The summed E-state index contributed by atoms with van der Waals surface area (Å²) in [5.41, 5.74) is -1.13. The number of aromatic amines is 1. The van der Waals surface area contributed by atoms with Crippen LogP contribution in [0.5, 0.6) is 11.5 Å². The zero-order valence-electron chi connectivity index (χ0n) is 24.0. The fourth-order valence-electron chi connectivity index (χ4n) is 8.77. The van der Waals surface area contributed by atoms with Crippen LogP contribution in [0.3, 0.4) is 0 Å². The van der Waals surface area contributed by atoms with Crippen molar-refractivity contribution in [3.63, 3.8) is 0 Å². The van der Waals surface area contributed by atoms with Crippen molar-refractivity contribution in [2.24, 2.45) is 5.92 Å². The molecule has 3 aromatic rings. The van der Waals surface area contributed by atoms with Gasteiger partial charge in [-0.25, -0.2) is 0 Å². The van der Waals surface area contributed by atoms with Crippen LogP contribution in [0.2, 0.25) is 0 Å². The van der Waals surface area contributed by atoms with E-state index < -0.39 is 45.8 Å². The van der Waals surface area contributed by atoms with E-state index in [0.717, 1.165) is 34.6 Å². The number of piperidine rings is 2. The maximum Gasteiger partial charge on any atom is 0.250 e. The average molecular weight is 572 g/mol. The van der Waals surface area contributed by atoms with E-state index in [0.29, 0.717) is 30.7 Å². The van der Waals surface area contributed by atoms with E-state index in [2.05, 4.69) is 24.1 Å². The third-order valence-electron chi connectivity index (χ3n) is 10.6. The van der Waals surface area contributed by atoms with Gasteiger partial charge in [-0.2, -0.15) is 0 Å². The standard InChI is InChI=1S/C32H33N3O7/c1-29(2)10-8-16-19(42-29)7-6-17-21-22(25-24(38)18(37)12-15(14-36)41-25)32-20(30(3,4)26(21)33-23(16)17)13-31(27(39)34-32)9-5-11-35(31)28(32)40/h6-8,10,12,20,22,33,36,38H,5,9,11,13-14H2,1-4H3,(H,34,39)/t20-,22+,31-,32+/m0/s1. The molecule has 7 heterocycles. The fraction of sp³-hybridized carbons (Fsp3) is 0.469. The lowest BCUT2D eigenvalue weighted by Gasteiger charge is -2.66. The van der Waals surface area contributed by atoms with E-state index in [9.17, 15) is 24.6 Å². The van der Waals surface area contributed by atoms with E-state index >= 15 is 0 Å². The third-order valence-corrected chi connectivity index (χ3v) is 10.6. The van der Waals surface area contributed by atoms with Gasteiger partial charge in [-0.05, 0) is 63.0 Å². The van der Waals surface area contributed by atoms with Gasteiger partial charge in [0.25, 0.3) is 5.91 Å². The summed E-state index contributed by atoms with van der Waals surface area (Å²) < 4.78 is 12.3. The molecule has 2 bridgehead atoms. The SMILES string of the molecule is CC1(C)C=Cc2c(ccc3c4c([nH]c23)C(C)(C)[C@@H]2C[C@]35CCCN3C(=O)[C@]2(NC5=O)[C@H]4c2oc(CO)cc(=O)c2O)O1. The highest BCUT2D eigenvalue weighted by molar-refractivity contribution is 6.07. The number of nitrogens with zero attached hydrogens (tertiary/aromatic N) is 1. The molecule has 9 rings (SSSR count). The van der Waals surface area contributed by atoms with Crippen molar-refractivity contribution in [2.45, 2.75) is 81.6 Å². The van der Waals surface area contributed by atoms with Crippen molar-refractivity contribution in [1.82, 2.24) is 15.2 Å². The number of amides is 2. The first-order valence-corrected chi connectivity index (χ1v) is 14.5. The maximum atomic E-state index is 14.8. The monoisotopic (exact) mass is 571 g/mol. The van der Waals surface area contributed by atoms with Gasteiger partial charge in [0.2, 0.25) is 17.1 Å². The summed E-state index contributed by atoms with van der Waals surface area (Å²) in [6, 6.07) is 4.85. The smallest absolute Gasteiger partial charge is 0.250 e. The molecule has 10 heteroatoms. The topological polar surface area (TPSA) is 145 Å². The molecular formula is C32H33N3O7. The van der Waals surface area contributed by atoms with Crippen LogP contribution < -0.4 is 15.5 Å². The van der Waals surface area contributed by atoms with E-state index in [-0.39, 0.29) is 29.3 Å². The quantitative estimate of drug-likeness (QED) is 0.370. The molecule has 4 atom stereocenters. The zero-order chi connectivity index (χ0) is 29.6. The number of aromatic nitrogens is 1. The van der Waals surface area contributed by atoms with Crippen molar-refractivity contribution < 1.29 is 29.0 Å². The number of carbonyl (C=O) groups excluding carboxylic acids is 2. The Balaban J connectivity index is 1.50. The number of H-pyrrole nitrogens is 1. The van der Waals surface area contributed by atoms with Crippen LogP contribution in [0, 0.1) is 5.92 Å². The number of benzene rings is 1. The highest BCUT2D eigenvalue weighted by Gasteiger charge is 2.76. The molecule has 2 aromatic heterocycles. The number of carbonyl (C=O) groups is 2. The van der Waals surface area contributed by atoms with Gasteiger partial charge in [-0.15, -0.1) is 0 Å². The summed E-state index contributed by atoms with van der Waals surface area (Å²) in [4.78, 5) is 47.1. The van der Waals surface area contributed by atoms with Crippen LogP contribution in [-0.4, -0.2) is 55.1 Å². The van der Waals surface area contributed by atoms with Gasteiger partial charge >= 0.3 is 0 Å². The van der Waals surface area contributed by atoms with Gasteiger partial charge in [0.15, 0.2) is 5.76 Å². The van der Waals surface area contributed by atoms with Crippen molar-refractivity contribution in [1.29, 1.82) is 0 Å². The predicted molar refractivity (Wildman–Crippen MR) is 152 cm³/mol. The number of aromatic hydroxyl groups is 1. The number of hydrogen-bond acceptors (Lipinski definition) is 7. The number of fused-ring (bicyclic) bond motifs is 6. The lowest BCUT2D eigenvalue weighted by Crippen LogP contribution is -2.85. The lowest BCUT2D eigenvalue weighted by molar-refractivity contribution is -0.181. The van der Waals surface area contributed by atoms with Crippen molar-refractivity contribution in [2.75, 3.05) is 6.54 Å². The molecule has 218 valence electrons. The summed E-state index contributed by atoms with van der Waals surface area (Å²) in [6.07, 6.45) is 5.76. The summed E-state index contributed by atoms with van der Waals surface area (Å²) >= 11 is 0. The van der Waals surface area contributed by atoms with Crippen molar-refractivity contribution in [3.8, 4) is 11.5 Å². The van der Waals surface area contributed by atoms with Crippen LogP contribution in [0.4, 0.5) is 0 Å². The van der Waals surface area contributed by atoms with Crippen molar-refractivity contribution >= 4 is 28.8 Å². The van der Waals surface area contributed by atoms with E-state index in [1.807, 2.05) is 38.1 Å². The number of piperazine rings is 1. The molecule has 4 fully saturated rings. The highest BCUT2D eigenvalue weighted by Crippen LogP contribution is 2.65. The molecule has 6 aliphatic rings. The average Bonchev–Trinajstić information content (AvgIpc) is 3.55. The molecule has 0 radical (unpaired) electrons. The summed E-state index contributed by atoms with van der Waals surface area (Å²) in [6.45, 7) is 8.03. The fourth-order valence-corrected chi connectivity index (χ4v) is 8.77. The summed E-state index contributed by atoms with van der Waals surface area (Å²) in [5, 5.41) is 25.2. The lowest BCUT2D eigenvalue weighted by atomic mass is 9.47. The Bertz CT molecular complexity index is 1850. The molecule has 4 N–H and O–H groups in total. The van der Waals surface area contributed by atoms with E-state index in [1.165, 1.54) is 0 Å². The number of ether oxygens (including phenoxy) is 1. The van der Waals surface area contributed by atoms with Crippen LogP contribution in [-0.2, 0) is 21.6 Å². The Morgan fingerprint density at radius 1 is 1.14 bits per heavy atom. The van der Waals surface area contributed by atoms with Gasteiger partial charge in [0.1, 0.15) is 34.8 Å². The summed E-state index contributed by atoms with van der Waals surface area (Å²) in [5.74, 6) is -1.98. The van der Waals surface area contributed by atoms with E-state index in [1.54, 1.807) is 4.90 Å². The molecule has 2 spiro atoms. The van der Waals surface area contributed by atoms with Crippen LogP contribution >= 0.6 is 0 Å². The first kappa shape index (κ1) is 25.6. The first-order valence-electron chi connectivity index (χ1n) is 14.5. The third kappa shape index (κ3) is 2.81. The maximum absolute atomic E-state index is 14.8. The second kappa shape index (κ2) is 7.66. The number of hydrogen-bond donors (Lipinski definition) is 4. The number of aliphatic hydroxyl groups excluding tert-OH is 1. The zero-order valence-corrected chi connectivity index (χ0v) is 24.0. The van der Waals surface area contributed by atoms with E-state index in [4.69, 9.17) is 9.15 Å². The van der Waals surface area contributed by atoms with Gasteiger partial charge in [0.05, 0.1) is 11.4 Å². The Kier molecular flexibility index (Phi) is 4.68. The molecule has 1 aliphatic carbocycles. The summed E-state index contributed by atoms with van der Waals surface area (Å²) in [7, 11) is 0. The van der Waals surface area contributed by atoms with Crippen LogP contribution in [0.1, 0.15) is 81.2 Å². The first-order chi connectivity index (χ1) is 19.9. The normalized spacial score (nSPS) is 31.3. The molecule has 0 unspecified atom stereocenters. The second-order valence-corrected chi connectivity index (χ2v) is 13.6. The molecule has 42 heavy (non-hydrogen) atoms. The molecule has 2 amide bonds. The Hall–Kier alpha value is -4.05. The molecule has 1 aromatic carbocycles. The Labute approximate surface area is 241 Å². The van der Waals surface area contributed by atoms with Crippen molar-refractivity contribution in [3.05, 3.63) is 62.8 Å². The van der Waals surface area contributed by atoms with Crippen LogP contribution in [0.25, 0.3) is 17.0 Å². The molecule has 4 saturated heterocycles. The molecule has 10 nitrogen and oxygen atoms in total. The predicted octanol–water partition coefficient (Wildman–Crippen LogP) is 3.18. The number of nitrogens with one attached hydrogen (secondary N) is 2. The minimum Gasteiger partial charge on any atom is -0.502 e. The second-order valence-electron chi connectivity index (χ2n) is 13.6. The Morgan fingerprint density at radius 3 is 2.69 bits per heavy atom. The minimum atomic E-state index is -1.53. The molecule has 5 aliphatic heterocycles. The Morgan fingerprint density at radius 2 is 1.93 bits per heavy atom. The van der Waals surface area contributed by atoms with Gasteiger partial charge in [-0.3, -0.25) is 14.4 Å². The highest BCUT2D eigenvalue weighted by atomic mass is 16.5. The molecule has 0 saturated carbocycles. The molecular weight excluding hydrogens is 538 g/mol.